The third-order valence-corrected chi connectivity index (χ3v) is 4.67. The predicted molar refractivity (Wildman–Crippen MR) is 99.0 cm³/mol. The maximum absolute atomic E-state index is 13.1. The highest BCUT2D eigenvalue weighted by atomic mass is 19.1. The van der Waals surface area contributed by atoms with Crippen molar-refractivity contribution in [3.8, 4) is 5.75 Å². The molecule has 0 spiro atoms. The van der Waals surface area contributed by atoms with Crippen molar-refractivity contribution in [2.45, 2.75) is 33.4 Å². The van der Waals surface area contributed by atoms with Gasteiger partial charge in [-0.3, -0.25) is 0 Å². The number of benzene rings is 2. The molecule has 0 fully saturated rings. The van der Waals surface area contributed by atoms with Gasteiger partial charge in [0, 0.05) is 17.0 Å². The maximum atomic E-state index is 13.1. The van der Waals surface area contributed by atoms with E-state index in [-0.39, 0.29) is 11.6 Å². The number of quaternary nitrogens is 1. The number of aryl methyl sites for hydroxylation is 2. The van der Waals surface area contributed by atoms with Gasteiger partial charge in [-0.25, -0.2) is 9.18 Å². The van der Waals surface area contributed by atoms with Gasteiger partial charge in [0.15, 0.2) is 5.58 Å². The highest BCUT2D eigenvalue weighted by molar-refractivity contribution is 5.86. The Bertz CT molecular complexity index is 993. The molecule has 3 aromatic rings. The Kier molecular flexibility index (Phi) is 5.09. The van der Waals surface area contributed by atoms with Crippen LogP contribution in [0.3, 0.4) is 0 Å². The van der Waals surface area contributed by atoms with Crippen LogP contribution in [0.5, 0.6) is 5.75 Å². The zero-order chi connectivity index (χ0) is 18.8. The fourth-order valence-corrected chi connectivity index (χ4v) is 3.31. The molecule has 2 aromatic carbocycles. The summed E-state index contributed by atoms with van der Waals surface area (Å²) in [6, 6.07) is 9.75. The minimum absolute atomic E-state index is 0.187. The summed E-state index contributed by atoms with van der Waals surface area (Å²) in [5.41, 5.74) is 3.33. The van der Waals surface area contributed by atoms with Crippen LogP contribution < -0.4 is 10.5 Å². The summed E-state index contributed by atoms with van der Waals surface area (Å²) in [5.74, 6) is -0.0739. The normalized spacial score (nSPS) is 12.5. The van der Waals surface area contributed by atoms with Gasteiger partial charge < -0.3 is 14.4 Å². The smallest absolute Gasteiger partial charge is 0.336 e. The molecule has 0 amide bonds. The fourth-order valence-electron chi connectivity index (χ4n) is 3.31. The fraction of sp³-hybridized carbons (Fsp3) is 0.286. The minimum Gasteiger partial charge on any atom is -0.507 e. The SMILES string of the molecule is CCc1cc2c(C)cc(=O)oc2c(C[NH+](C)Cc2ccc(F)cc2)c1O. The first kappa shape index (κ1) is 18.1. The third kappa shape index (κ3) is 3.63. The van der Waals surface area contributed by atoms with Crippen molar-refractivity contribution < 1.29 is 18.8 Å². The van der Waals surface area contributed by atoms with E-state index in [2.05, 4.69) is 0 Å². The van der Waals surface area contributed by atoms with Gasteiger partial charge in [-0.2, -0.15) is 0 Å². The first-order valence-corrected chi connectivity index (χ1v) is 8.73. The lowest BCUT2D eigenvalue weighted by Gasteiger charge is -2.18. The van der Waals surface area contributed by atoms with Gasteiger partial charge in [-0.05, 0) is 42.7 Å². The van der Waals surface area contributed by atoms with Gasteiger partial charge in [0.2, 0.25) is 0 Å². The molecule has 0 aliphatic carbocycles. The number of rotatable bonds is 5. The second-order valence-corrected chi connectivity index (χ2v) is 6.78. The van der Waals surface area contributed by atoms with Gasteiger partial charge in [-0.1, -0.05) is 19.1 Å². The van der Waals surface area contributed by atoms with Gasteiger partial charge in [0.1, 0.15) is 24.7 Å². The summed E-state index contributed by atoms with van der Waals surface area (Å²) < 4.78 is 18.5. The molecule has 1 aromatic heterocycles. The molecule has 4 nitrogen and oxygen atoms in total. The van der Waals surface area contributed by atoms with Crippen LogP contribution in [0.25, 0.3) is 11.0 Å². The van der Waals surface area contributed by atoms with Crippen molar-refractivity contribution >= 4 is 11.0 Å². The van der Waals surface area contributed by atoms with Crippen LogP contribution in [0.2, 0.25) is 0 Å². The van der Waals surface area contributed by atoms with E-state index in [1.807, 2.05) is 27.0 Å². The Morgan fingerprint density at radius 2 is 1.85 bits per heavy atom. The summed E-state index contributed by atoms with van der Waals surface area (Å²) in [6.45, 7) is 5.00. The van der Waals surface area contributed by atoms with Crippen LogP contribution in [-0.2, 0) is 19.5 Å². The van der Waals surface area contributed by atoms with E-state index in [9.17, 15) is 14.3 Å². The van der Waals surface area contributed by atoms with E-state index in [1.165, 1.54) is 18.2 Å². The quantitative estimate of drug-likeness (QED) is 0.691. The summed E-state index contributed by atoms with van der Waals surface area (Å²) in [6.07, 6.45) is 0.685. The Morgan fingerprint density at radius 3 is 2.50 bits per heavy atom. The number of fused-ring (bicyclic) bond motifs is 1. The first-order chi connectivity index (χ1) is 12.4. The lowest BCUT2D eigenvalue weighted by atomic mass is 9.99. The molecule has 5 heteroatoms. The van der Waals surface area contributed by atoms with E-state index in [1.54, 1.807) is 12.1 Å². The van der Waals surface area contributed by atoms with Crippen molar-refractivity contribution in [2.75, 3.05) is 7.05 Å². The first-order valence-electron chi connectivity index (χ1n) is 8.73. The van der Waals surface area contributed by atoms with E-state index >= 15 is 0 Å². The molecule has 0 radical (unpaired) electrons. The predicted octanol–water partition coefficient (Wildman–Crippen LogP) is 2.72. The number of phenols is 1. The molecule has 0 bridgehead atoms. The molecule has 1 atom stereocenters. The third-order valence-electron chi connectivity index (χ3n) is 4.67. The molecule has 0 aliphatic rings. The number of hydrogen-bond donors (Lipinski definition) is 2. The molecular weight excluding hydrogens is 333 g/mol. The number of hydrogen-bond acceptors (Lipinski definition) is 3. The van der Waals surface area contributed by atoms with E-state index in [0.29, 0.717) is 30.7 Å². The average molecular weight is 356 g/mol. The van der Waals surface area contributed by atoms with Crippen LogP contribution in [0.4, 0.5) is 4.39 Å². The number of phenolic OH excluding ortho intramolecular Hbond substituents is 1. The van der Waals surface area contributed by atoms with Crippen molar-refractivity contribution in [3.05, 3.63) is 74.9 Å². The molecule has 3 rings (SSSR count). The molecule has 1 heterocycles. The Balaban J connectivity index is 2.01. The molecule has 26 heavy (non-hydrogen) atoms. The number of halogens is 1. The molecule has 0 saturated heterocycles. The van der Waals surface area contributed by atoms with Crippen LogP contribution in [0.15, 0.2) is 45.6 Å². The van der Waals surface area contributed by atoms with Crippen molar-refractivity contribution in [1.29, 1.82) is 0 Å². The Hall–Kier alpha value is -2.66. The zero-order valence-corrected chi connectivity index (χ0v) is 15.2. The van der Waals surface area contributed by atoms with Gasteiger partial charge >= 0.3 is 5.63 Å². The topological polar surface area (TPSA) is 54.9 Å². The van der Waals surface area contributed by atoms with Crippen molar-refractivity contribution in [1.82, 2.24) is 0 Å². The van der Waals surface area contributed by atoms with E-state index < -0.39 is 5.63 Å². The van der Waals surface area contributed by atoms with Crippen LogP contribution >= 0.6 is 0 Å². The molecule has 0 saturated carbocycles. The van der Waals surface area contributed by atoms with E-state index in [4.69, 9.17) is 4.42 Å². The van der Waals surface area contributed by atoms with Gasteiger partial charge in [0.25, 0.3) is 0 Å². The summed E-state index contributed by atoms with van der Waals surface area (Å²) >= 11 is 0. The Morgan fingerprint density at radius 1 is 1.15 bits per heavy atom. The second-order valence-electron chi connectivity index (χ2n) is 6.78. The number of nitrogens with one attached hydrogen (secondary N) is 1. The molecular formula is C21H23FNO3+. The molecule has 2 N–H and O–H groups in total. The largest absolute Gasteiger partial charge is 0.507 e. The molecule has 0 aliphatic heterocycles. The number of aromatic hydroxyl groups is 1. The van der Waals surface area contributed by atoms with Crippen LogP contribution in [0, 0.1) is 12.7 Å². The standard InChI is InChI=1S/C21H22FNO3/c1-4-15-10-17-13(2)9-19(24)26-21(17)18(20(15)25)12-23(3)11-14-5-7-16(22)8-6-14/h5-10,25H,4,11-12H2,1-3H3/p+1. The summed E-state index contributed by atoms with van der Waals surface area (Å²) in [7, 11) is 1.99. The second kappa shape index (κ2) is 7.30. The van der Waals surface area contributed by atoms with Crippen LogP contribution in [-0.4, -0.2) is 12.2 Å². The average Bonchev–Trinajstić information content (AvgIpc) is 2.59. The molecule has 1 unspecified atom stereocenters. The van der Waals surface area contributed by atoms with Gasteiger partial charge in [-0.15, -0.1) is 0 Å². The lowest BCUT2D eigenvalue weighted by Crippen LogP contribution is -3.06. The lowest BCUT2D eigenvalue weighted by molar-refractivity contribution is -0.907. The van der Waals surface area contributed by atoms with Crippen molar-refractivity contribution in [2.24, 2.45) is 0 Å². The zero-order valence-electron chi connectivity index (χ0n) is 15.2. The monoisotopic (exact) mass is 356 g/mol. The minimum atomic E-state index is -0.420. The Labute approximate surface area is 151 Å². The summed E-state index contributed by atoms with van der Waals surface area (Å²) in [5, 5.41) is 11.5. The van der Waals surface area contributed by atoms with Gasteiger partial charge in [0.05, 0.1) is 12.6 Å². The highest BCUT2D eigenvalue weighted by Gasteiger charge is 2.19. The highest BCUT2D eigenvalue weighted by Crippen LogP contribution is 2.32. The van der Waals surface area contributed by atoms with Crippen molar-refractivity contribution in [3.63, 3.8) is 0 Å². The maximum Gasteiger partial charge on any atom is 0.336 e. The summed E-state index contributed by atoms with van der Waals surface area (Å²) in [4.78, 5) is 12.9. The van der Waals surface area contributed by atoms with E-state index in [0.717, 1.165) is 27.0 Å². The molecule has 136 valence electrons. The van der Waals surface area contributed by atoms with Crippen LogP contribution in [0.1, 0.15) is 29.2 Å².